The van der Waals surface area contributed by atoms with E-state index < -0.39 is 0 Å². The van der Waals surface area contributed by atoms with Gasteiger partial charge in [0.1, 0.15) is 11.5 Å². The summed E-state index contributed by atoms with van der Waals surface area (Å²) in [6, 6.07) is 11.3. The predicted molar refractivity (Wildman–Crippen MR) is 92.5 cm³/mol. The van der Waals surface area contributed by atoms with Gasteiger partial charge in [0.05, 0.1) is 18.2 Å². The zero-order chi connectivity index (χ0) is 17.3. The summed E-state index contributed by atoms with van der Waals surface area (Å²) >= 11 is 5.97. The van der Waals surface area contributed by atoms with Crippen LogP contribution < -0.4 is 0 Å². The van der Waals surface area contributed by atoms with Crippen molar-refractivity contribution in [3.8, 4) is 11.5 Å². The molecule has 1 atom stereocenters. The van der Waals surface area contributed by atoms with E-state index in [1.807, 2.05) is 0 Å². The molecule has 0 radical (unpaired) electrons. The van der Waals surface area contributed by atoms with Crippen LogP contribution in [0.4, 0.5) is 0 Å². The summed E-state index contributed by atoms with van der Waals surface area (Å²) in [4.78, 5) is 12.6. The van der Waals surface area contributed by atoms with E-state index in [-0.39, 0.29) is 23.3 Å². The molecule has 0 saturated carbocycles. The molecule has 24 heavy (non-hydrogen) atoms. The molecule has 1 aliphatic heterocycles. The Labute approximate surface area is 144 Å². The molecular formula is C18H17ClN2O3. The lowest BCUT2D eigenvalue weighted by molar-refractivity contribution is -0.131. The third-order valence-electron chi connectivity index (χ3n) is 4.09. The third-order valence-corrected chi connectivity index (χ3v) is 4.32. The second-order valence-corrected chi connectivity index (χ2v) is 6.17. The zero-order valence-electron chi connectivity index (χ0n) is 13.1. The van der Waals surface area contributed by atoms with Gasteiger partial charge >= 0.3 is 0 Å². The maximum Gasteiger partial charge on any atom is 0.249 e. The molecule has 0 saturated heterocycles. The molecule has 2 N–H and O–H groups in total. The summed E-state index contributed by atoms with van der Waals surface area (Å²) in [6.45, 7) is 2.27. The van der Waals surface area contributed by atoms with Crippen LogP contribution >= 0.6 is 11.6 Å². The molecule has 3 rings (SSSR count). The van der Waals surface area contributed by atoms with E-state index in [1.165, 1.54) is 11.1 Å². The van der Waals surface area contributed by atoms with E-state index in [1.54, 1.807) is 43.3 Å². The van der Waals surface area contributed by atoms with E-state index >= 15 is 0 Å². The number of rotatable bonds is 3. The largest absolute Gasteiger partial charge is 0.508 e. The summed E-state index contributed by atoms with van der Waals surface area (Å²) < 4.78 is 0. The fraction of sp³-hybridized carbons (Fsp3) is 0.222. The van der Waals surface area contributed by atoms with Gasteiger partial charge in [-0.15, -0.1) is 0 Å². The summed E-state index contributed by atoms with van der Waals surface area (Å²) in [5.74, 6) is -0.241. The van der Waals surface area contributed by atoms with Crippen molar-refractivity contribution in [2.75, 3.05) is 6.54 Å². The minimum absolute atomic E-state index is 0.0963. The minimum atomic E-state index is -0.373. The highest BCUT2D eigenvalue weighted by Gasteiger charge is 2.27. The standard InChI is InChI=1S/C18H17ClN2O3/c1-11(12-2-5-14(22)6-3-12)18(24)21-9-8-16(20-21)15-10-13(19)4-7-17(15)23/h2-7,10-11,22-23H,8-9H2,1H3. The summed E-state index contributed by atoms with van der Waals surface area (Å²) in [5.41, 5.74) is 2.00. The fourth-order valence-electron chi connectivity index (χ4n) is 2.67. The Bertz CT molecular complexity index is 802. The van der Waals surface area contributed by atoms with Gasteiger partial charge in [-0.05, 0) is 42.8 Å². The maximum absolute atomic E-state index is 12.6. The van der Waals surface area contributed by atoms with Gasteiger partial charge in [0.15, 0.2) is 0 Å². The second kappa shape index (κ2) is 6.53. The van der Waals surface area contributed by atoms with Crippen molar-refractivity contribution in [1.29, 1.82) is 0 Å². The Morgan fingerprint density at radius 2 is 1.92 bits per heavy atom. The first-order valence-electron chi connectivity index (χ1n) is 7.62. The number of amides is 1. The van der Waals surface area contributed by atoms with Crippen LogP contribution in [0.3, 0.4) is 0 Å². The number of carbonyl (C=O) groups excluding carboxylic acids is 1. The normalized spacial score (nSPS) is 15.2. The van der Waals surface area contributed by atoms with Gasteiger partial charge in [0, 0.05) is 17.0 Å². The number of phenols is 2. The molecule has 0 aliphatic carbocycles. The van der Waals surface area contributed by atoms with Crippen molar-refractivity contribution < 1.29 is 15.0 Å². The highest BCUT2D eigenvalue weighted by Crippen LogP contribution is 2.27. The first kappa shape index (κ1) is 16.3. The molecule has 0 aromatic heterocycles. The molecule has 6 heteroatoms. The van der Waals surface area contributed by atoms with E-state index in [0.29, 0.717) is 29.3 Å². The van der Waals surface area contributed by atoms with Crippen molar-refractivity contribution >= 4 is 23.2 Å². The van der Waals surface area contributed by atoms with Crippen LogP contribution in [0.25, 0.3) is 0 Å². The quantitative estimate of drug-likeness (QED) is 0.895. The minimum Gasteiger partial charge on any atom is -0.508 e. The van der Waals surface area contributed by atoms with Crippen LogP contribution in [0, 0.1) is 0 Å². The molecule has 1 amide bonds. The van der Waals surface area contributed by atoms with Gasteiger partial charge in [-0.3, -0.25) is 4.79 Å². The number of phenolic OH excluding ortho intramolecular Hbond substituents is 2. The highest BCUT2D eigenvalue weighted by atomic mass is 35.5. The monoisotopic (exact) mass is 344 g/mol. The number of hydrazone groups is 1. The zero-order valence-corrected chi connectivity index (χ0v) is 13.9. The first-order chi connectivity index (χ1) is 11.5. The molecule has 0 fully saturated rings. The number of hydrogen-bond acceptors (Lipinski definition) is 4. The second-order valence-electron chi connectivity index (χ2n) is 5.73. The van der Waals surface area contributed by atoms with Gasteiger partial charge in [0.25, 0.3) is 0 Å². The maximum atomic E-state index is 12.6. The van der Waals surface area contributed by atoms with Gasteiger partial charge < -0.3 is 10.2 Å². The molecular weight excluding hydrogens is 328 g/mol. The van der Waals surface area contributed by atoms with Gasteiger partial charge in [0.2, 0.25) is 5.91 Å². The molecule has 124 valence electrons. The van der Waals surface area contributed by atoms with Crippen molar-refractivity contribution in [2.24, 2.45) is 5.10 Å². The van der Waals surface area contributed by atoms with Crippen LogP contribution in [-0.2, 0) is 4.79 Å². The van der Waals surface area contributed by atoms with Crippen molar-refractivity contribution in [2.45, 2.75) is 19.3 Å². The Kier molecular flexibility index (Phi) is 4.44. The summed E-state index contributed by atoms with van der Waals surface area (Å²) in [7, 11) is 0. The predicted octanol–water partition coefficient (Wildman–Crippen LogP) is 3.49. The summed E-state index contributed by atoms with van der Waals surface area (Å²) in [6.07, 6.45) is 0.557. The number of halogens is 1. The number of nitrogens with zero attached hydrogens (tertiary/aromatic N) is 2. The Hall–Kier alpha value is -2.53. The van der Waals surface area contributed by atoms with E-state index in [0.717, 1.165) is 5.56 Å². The van der Waals surface area contributed by atoms with E-state index in [9.17, 15) is 15.0 Å². The lowest BCUT2D eigenvalue weighted by Crippen LogP contribution is -2.27. The molecule has 2 aromatic carbocycles. The first-order valence-corrected chi connectivity index (χ1v) is 8.00. The number of aromatic hydroxyl groups is 2. The van der Waals surface area contributed by atoms with Crippen LogP contribution in [0.5, 0.6) is 11.5 Å². The van der Waals surface area contributed by atoms with Crippen LogP contribution in [0.15, 0.2) is 47.6 Å². The third kappa shape index (κ3) is 3.21. The van der Waals surface area contributed by atoms with Crippen molar-refractivity contribution in [1.82, 2.24) is 5.01 Å². The number of carbonyl (C=O) groups is 1. The Morgan fingerprint density at radius 3 is 2.62 bits per heavy atom. The molecule has 1 aliphatic rings. The molecule has 0 spiro atoms. The Morgan fingerprint density at radius 1 is 1.21 bits per heavy atom. The van der Waals surface area contributed by atoms with Crippen LogP contribution in [0.1, 0.15) is 30.4 Å². The fourth-order valence-corrected chi connectivity index (χ4v) is 2.85. The SMILES string of the molecule is CC(C(=O)N1CCC(c2cc(Cl)ccc2O)=N1)c1ccc(O)cc1. The average Bonchev–Trinajstić information content (AvgIpc) is 3.06. The van der Waals surface area contributed by atoms with Crippen molar-refractivity contribution in [3.63, 3.8) is 0 Å². The average molecular weight is 345 g/mol. The topological polar surface area (TPSA) is 73.1 Å². The lowest BCUT2D eigenvalue weighted by Gasteiger charge is -2.17. The van der Waals surface area contributed by atoms with Crippen LogP contribution in [-0.4, -0.2) is 33.4 Å². The van der Waals surface area contributed by atoms with Gasteiger partial charge in [-0.1, -0.05) is 23.7 Å². The Balaban J connectivity index is 1.81. The molecule has 0 bridgehead atoms. The molecule has 1 unspecified atom stereocenters. The van der Waals surface area contributed by atoms with Crippen LogP contribution in [0.2, 0.25) is 5.02 Å². The van der Waals surface area contributed by atoms with Gasteiger partial charge in [-0.2, -0.15) is 5.10 Å². The molecule has 2 aromatic rings. The molecule has 1 heterocycles. The van der Waals surface area contributed by atoms with E-state index in [4.69, 9.17) is 11.6 Å². The smallest absolute Gasteiger partial charge is 0.249 e. The number of hydrogen-bond donors (Lipinski definition) is 2. The number of benzene rings is 2. The van der Waals surface area contributed by atoms with E-state index in [2.05, 4.69) is 5.10 Å². The highest BCUT2D eigenvalue weighted by molar-refractivity contribution is 6.31. The van der Waals surface area contributed by atoms with Crippen molar-refractivity contribution in [3.05, 3.63) is 58.6 Å². The lowest BCUT2D eigenvalue weighted by atomic mass is 10.00. The van der Waals surface area contributed by atoms with Gasteiger partial charge in [-0.25, -0.2) is 5.01 Å². The summed E-state index contributed by atoms with van der Waals surface area (Å²) in [5, 5.41) is 25.6. The molecule has 5 nitrogen and oxygen atoms in total.